The third kappa shape index (κ3) is 4.64. The van der Waals surface area contributed by atoms with Crippen LogP contribution in [0.4, 0.5) is 5.69 Å². The summed E-state index contributed by atoms with van der Waals surface area (Å²) in [6.45, 7) is 9.54. The van der Waals surface area contributed by atoms with Gasteiger partial charge in [-0.1, -0.05) is 32.0 Å². The molecule has 0 aliphatic carbocycles. The number of carbonyl (C=O) groups excluding carboxylic acids is 2. The molecule has 6 heteroatoms. The number of hydrogen-bond acceptors (Lipinski definition) is 5. The predicted octanol–water partition coefficient (Wildman–Crippen LogP) is 4.94. The molecule has 1 amide bonds. The summed E-state index contributed by atoms with van der Waals surface area (Å²) in [6.07, 6.45) is 0.0189. The second-order valence-electron chi connectivity index (χ2n) is 7.53. The number of benzene rings is 2. The minimum Gasteiger partial charge on any atom is -0.449 e. The molecule has 0 unspecified atom stereocenters. The van der Waals surface area contributed by atoms with Crippen LogP contribution in [0.25, 0.3) is 11.0 Å². The molecule has 0 bridgehead atoms. The number of carbonyl (C=O) groups is 2. The lowest BCUT2D eigenvalue weighted by molar-refractivity contribution is -0.123. The van der Waals surface area contributed by atoms with E-state index in [1.165, 1.54) is 0 Å². The molecule has 1 aromatic heterocycles. The van der Waals surface area contributed by atoms with Gasteiger partial charge in [-0.25, -0.2) is 14.8 Å². The van der Waals surface area contributed by atoms with E-state index in [9.17, 15) is 9.59 Å². The van der Waals surface area contributed by atoms with Gasteiger partial charge >= 0.3 is 5.97 Å². The largest absolute Gasteiger partial charge is 0.449 e. The van der Waals surface area contributed by atoms with Crippen LogP contribution in [-0.4, -0.2) is 27.9 Å². The minimum atomic E-state index is -0.941. The lowest BCUT2D eigenvalue weighted by Crippen LogP contribution is -2.30. The molecule has 0 saturated carbocycles. The second kappa shape index (κ2) is 9.03. The maximum absolute atomic E-state index is 12.6. The van der Waals surface area contributed by atoms with E-state index in [1.807, 2.05) is 38.1 Å². The summed E-state index contributed by atoms with van der Waals surface area (Å²) in [4.78, 5) is 34.1. The number of aryl methyl sites for hydroxylation is 2. The van der Waals surface area contributed by atoms with E-state index >= 15 is 0 Å². The summed E-state index contributed by atoms with van der Waals surface area (Å²) in [7, 11) is 0. The quantitative estimate of drug-likeness (QED) is 0.587. The number of rotatable bonds is 6. The topological polar surface area (TPSA) is 81.2 Å². The smallest absolute Gasteiger partial charge is 0.338 e. The van der Waals surface area contributed by atoms with Crippen molar-refractivity contribution in [3.05, 3.63) is 65.0 Å². The monoisotopic (exact) mass is 405 g/mol. The molecule has 3 aromatic rings. The second-order valence-corrected chi connectivity index (χ2v) is 7.53. The van der Waals surface area contributed by atoms with Gasteiger partial charge in [-0.2, -0.15) is 0 Å². The van der Waals surface area contributed by atoms with E-state index in [2.05, 4.69) is 29.1 Å². The van der Waals surface area contributed by atoms with Gasteiger partial charge in [0.05, 0.1) is 28.0 Å². The maximum atomic E-state index is 12.6. The van der Waals surface area contributed by atoms with Crippen LogP contribution >= 0.6 is 0 Å². The van der Waals surface area contributed by atoms with E-state index in [0.29, 0.717) is 22.5 Å². The Hall–Kier alpha value is -3.28. The fraction of sp³-hybridized carbons (Fsp3) is 0.333. The summed E-state index contributed by atoms with van der Waals surface area (Å²) in [5, 5.41) is 2.89. The van der Waals surface area contributed by atoms with Gasteiger partial charge in [-0.15, -0.1) is 0 Å². The molecule has 0 spiro atoms. The molecule has 0 saturated heterocycles. The summed E-state index contributed by atoms with van der Waals surface area (Å²) in [5.74, 6) is -0.633. The van der Waals surface area contributed by atoms with E-state index in [4.69, 9.17) is 4.74 Å². The number of ether oxygens (including phenoxy) is 1. The molecule has 156 valence electrons. The Bertz CT molecular complexity index is 1090. The van der Waals surface area contributed by atoms with Gasteiger partial charge in [-0.3, -0.25) is 4.79 Å². The first-order valence-electron chi connectivity index (χ1n) is 10.2. The Morgan fingerprint density at radius 1 is 1.00 bits per heavy atom. The van der Waals surface area contributed by atoms with Crippen molar-refractivity contribution in [3.63, 3.8) is 0 Å². The fourth-order valence-electron chi connectivity index (χ4n) is 3.13. The van der Waals surface area contributed by atoms with E-state index in [1.54, 1.807) is 25.1 Å². The van der Waals surface area contributed by atoms with Crippen molar-refractivity contribution in [1.29, 1.82) is 0 Å². The van der Waals surface area contributed by atoms with Gasteiger partial charge in [0.2, 0.25) is 0 Å². The van der Waals surface area contributed by atoms with Gasteiger partial charge in [0, 0.05) is 5.69 Å². The molecule has 3 rings (SSSR count). The lowest BCUT2D eigenvalue weighted by atomic mass is 9.97. The third-order valence-corrected chi connectivity index (χ3v) is 5.33. The van der Waals surface area contributed by atoms with Crippen molar-refractivity contribution in [2.75, 3.05) is 5.32 Å². The van der Waals surface area contributed by atoms with Gasteiger partial charge in [0.1, 0.15) is 0 Å². The van der Waals surface area contributed by atoms with Crippen molar-refractivity contribution >= 4 is 28.6 Å². The highest BCUT2D eigenvalue weighted by Crippen LogP contribution is 2.26. The normalized spacial score (nSPS) is 13.0. The maximum Gasteiger partial charge on any atom is 0.338 e. The number of nitrogens with zero attached hydrogens (tertiary/aromatic N) is 2. The van der Waals surface area contributed by atoms with Crippen LogP contribution in [0, 0.1) is 13.8 Å². The zero-order valence-electron chi connectivity index (χ0n) is 18.0. The van der Waals surface area contributed by atoms with Crippen LogP contribution in [0.3, 0.4) is 0 Å². The zero-order valence-corrected chi connectivity index (χ0v) is 18.0. The number of aromatic nitrogens is 2. The highest BCUT2D eigenvalue weighted by Gasteiger charge is 2.21. The number of hydrogen-bond donors (Lipinski definition) is 1. The first-order chi connectivity index (χ1) is 14.3. The third-order valence-electron chi connectivity index (χ3n) is 5.33. The van der Waals surface area contributed by atoms with Crippen LogP contribution in [0.5, 0.6) is 0 Å². The van der Waals surface area contributed by atoms with Crippen molar-refractivity contribution < 1.29 is 14.3 Å². The van der Waals surface area contributed by atoms with Crippen LogP contribution in [0.2, 0.25) is 0 Å². The highest BCUT2D eigenvalue weighted by molar-refractivity contribution is 5.98. The summed E-state index contributed by atoms with van der Waals surface area (Å²) in [5.41, 5.74) is 5.12. The molecule has 2 atom stereocenters. The Balaban J connectivity index is 1.72. The Morgan fingerprint density at radius 2 is 1.67 bits per heavy atom. The first-order valence-corrected chi connectivity index (χ1v) is 10.2. The molecule has 2 aromatic carbocycles. The molecule has 0 aliphatic heterocycles. The molecule has 1 N–H and O–H groups in total. The SMILES string of the molecule is CC[C@@H](C)c1ccccc1NC(=O)[C@@H](C)OC(=O)c1ccc2nc(C)c(C)nc2c1. The van der Waals surface area contributed by atoms with Crippen molar-refractivity contribution in [2.24, 2.45) is 0 Å². The molecular weight excluding hydrogens is 378 g/mol. The number of nitrogens with one attached hydrogen (secondary N) is 1. The Kier molecular flexibility index (Phi) is 6.45. The standard InChI is InChI=1S/C24H27N3O3/c1-6-14(2)19-9-7-8-10-20(19)27-23(28)17(5)30-24(29)18-11-12-21-22(13-18)26-16(4)15(3)25-21/h7-14,17H,6H2,1-5H3,(H,27,28)/t14-,17-/m1/s1. The van der Waals surface area contributed by atoms with Gasteiger partial charge in [-0.05, 0) is 62.9 Å². The average molecular weight is 405 g/mol. The molecule has 30 heavy (non-hydrogen) atoms. The van der Waals surface area contributed by atoms with Gasteiger partial charge in [0.15, 0.2) is 6.10 Å². The van der Waals surface area contributed by atoms with Crippen LogP contribution < -0.4 is 5.32 Å². The molecule has 0 radical (unpaired) electrons. The molecular formula is C24H27N3O3. The van der Waals surface area contributed by atoms with Crippen molar-refractivity contribution in [3.8, 4) is 0 Å². The number of esters is 1. The molecule has 6 nitrogen and oxygen atoms in total. The summed E-state index contributed by atoms with van der Waals surface area (Å²) < 4.78 is 5.40. The first kappa shape index (κ1) is 21.4. The number of amides is 1. The highest BCUT2D eigenvalue weighted by atomic mass is 16.5. The van der Waals surface area contributed by atoms with Crippen molar-refractivity contribution in [2.45, 2.75) is 53.1 Å². The number of anilines is 1. The molecule has 0 fully saturated rings. The zero-order chi connectivity index (χ0) is 21.8. The Morgan fingerprint density at radius 3 is 2.37 bits per heavy atom. The van der Waals surface area contributed by atoms with E-state index < -0.39 is 12.1 Å². The Labute approximate surface area is 176 Å². The van der Waals surface area contributed by atoms with Gasteiger partial charge < -0.3 is 10.1 Å². The van der Waals surface area contributed by atoms with E-state index in [-0.39, 0.29) is 5.91 Å². The summed E-state index contributed by atoms with van der Waals surface area (Å²) in [6, 6.07) is 12.7. The fourth-order valence-corrected chi connectivity index (χ4v) is 3.13. The van der Waals surface area contributed by atoms with Crippen molar-refractivity contribution in [1.82, 2.24) is 9.97 Å². The van der Waals surface area contributed by atoms with E-state index in [0.717, 1.165) is 29.1 Å². The molecule has 0 aliphatic rings. The minimum absolute atomic E-state index is 0.310. The summed E-state index contributed by atoms with van der Waals surface area (Å²) >= 11 is 0. The van der Waals surface area contributed by atoms with Crippen LogP contribution in [-0.2, 0) is 9.53 Å². The number of fused-ring (bicyclic) bond motifs is 1. The lowest BCUT2D eigenvalue weighted by Gasteiger charge is -2.18. The predicted molar refractivity (Wildman–Crippen MR) is 118 cm³/mol. The molecule has 1 heterocycles. The van der Waals surface area contributed by atoms with Crippen LogP contribution in [0.1, 0.15) is 60.4 Å². The number of para-hydroxylation sites is 1. The van der Waals surface area contributed by atoms with Crippen LogP contribution in [0.15, 0.2) is 42.5 Å². The average Bonchev–Trinajstić information content (AvgIpc) is 2.73. The van der Waals surface area contributed by atoms with Gasteiger partial charge in [0.25, 0.3) is 5.91 Å².